The van der Waals surface area contributed by atoms with E-state index in [1.165, 1.54) is 70.6 Å². The first-order valence-corrected chi connectivity index (χ1v) is 8.48. The van der Waals surface area contributed by atoms with Gasteiger partial charge in [-0.1, -0.05) is 92.4 Å². The molecule has 0 heterocycles. The largest absolute Gasteiger partial charge is 0.0654 e. The summed E-state index contributed by atoms with van der Waals surface area (Å²) < 4.78 is 0. The van der Waals surface area contributed by atoms with E-state index in [2.05, 4.69) is 34.6 Å². The molecule has 18 heavy (non-hydrogen) atoms. The van der Waals surface area contributed by atoms with Crippen LogP contribution in [0.25, 0.3) is 0 Å². The van der Waals surface area contributed by atoms with Gasteiger partial charge in [-0.25, -0.2) is 0 Å². The van der Waals surface area contributed by atoms with Gasteiger partial charge in [0, 0.05) is 0 Å². The Kier molecular flexibility index (Phi) is 10.9. The van der Waals surface area contributed by atoms with Crippen LogP contribution in [0.3, 0.4) is 0 Å². The molecule has 0 heteroatoms. The van der Waals surface area contributed by atoms with Gasteiger partial charge >= 0.3 is 0 Å². The molecular weight excluding hydrogens is 216 g/mol. The SMILES string of the molecule is CCCCCCC(C)(C)CCCCCCC(C)C. The average Bonchev–Trinajstić information content (AvgIpc) is 2.29. The zero-order valence-corrected chi connectivity index (χ0v) is 13.9. The fourth-order valence-corrected chi connectivity index (χ4v) is 2.67. The molecule has 0 amide bonds. The lowest BCUT2D eigenvalue weighted by Gasteiger charge is -2.24. The monoisotopic (exact) mass is 254 g/mol. The molecule has 0 aliphatic heterocycles. The van der Waals surface area contributed by atoms with Crippen molar-refractivity contribution in [2.24, 2.45) is 11.3 Å². The Morgan fingerprint density at radius 1 is 0.722 bits per heavy atom. The van der Waals surface area contributed by atoms with Gasteiger partial charge in [-0.2, -0.15) is 0 Å². The maximum absolute atomic E-state index is 2.47. The molecule has 0 unspecified atom stereocenters. The minimum atomic E-state index is 0.589. The smallest absolute Gasteiger partial charge is 0.0354 e. The Bertz CT molecular complexity index is 167. The number of unbranched alkanes of at least 4 members (excludes halogenated alkanes) is 6. The first-order chi connectivity index (χ1) is 8.48. The highest BCUT2D eigenvalue weighted by atomic mass is 14.2. The summed E-state index contributed by atoms with van der Waals surface area (Å²) in [5, 5.41) is 0. The summed E-state index contributed by atoms with van der Waals surface area (Å²) in [6.45, 7) is 11.9. The minimum absolute atomic E-state index is 0.589. The van der Waals surface area contributed by atoms with E-state index >= 15 is 0 Å². The second-order valence-corrected chi connectivity index (χ2v) is 7.32. The predicted molar refractivity (Wildman–Crippen MR) is 85.1 cm³/mol. The van der Waals surface area contributed by atoms with E-state index in [9.17, 15) is 0 Å². The molecule has 0 saturated carbocycles. The third-order valence-electron chi connectivity index (χ3n) is 4.09. The van der Waals surface area contributed by atoms with E-state index < -0.39 is 0 Å². The summed E-state index contributed by atoms with van der Waals surface area (Å²) in [5.74, 6) is 0.889. The van der Waals surface area contributed by atoms with Crippen LogP contribution in [0.4, 0.5) is 0 Å². The molecule has 0 aromatic heterocycles. The van der Waals surface area contributed by atoms with Gasteiger partial charge in [0.2, 0.25) is 0 Å². The Balaban J connectivity index is 3.40. The molecular formula is C18H38. The first-order valence-electron chi connectivity index (χ1n) is 8.48. The van der Waals surface area contributed by atoms with Crippen molar-refractivity contribution in [2.75, 3.05) is 0 Å². The lowest BCUT2D eigenvalue weighted by Crippen LogP contribution is -2.11. The van der Waals surface area contributed by atoms with Crippen LogP contribution >= 0.6 is 0 Å². The summed E-state index contributed by atoms with van der Waals surface area (Å²) in [6, 6.07) is 0. The Morgan fingerprint density at radius 3 is 1.72 bits per heavy atom. The summed E-state index contributed by atoms with van der Waals surface area (Å²) in [6.07, 6.45) is 15.7. The van der Waals surface area contributed by atoms with E-state index in [4.69, 9.17) is 0 Å². The molecule has 0 N–H and O–H groups in total. The van der Waals surface area contributed by atoms with Gasteiger partial charge in [-0.15, -0.1) is 0 Å². The van der Waals surface area contributed by atoms with Crippen molar-refractivity contribution in [2.45, 2.75) is 105 Å². The summed E-state index contributed by atoms with van der Waals surface area (Å²) in [5.41, 5.74) is 0.589. The fraction of sp³-hybridized carbons (Fsp3) is 1.00. The summed E-state index contributed by atoms with van der Waals surface area (Å²) >= 11 is 0. The van der Waals surface area contributed by atoms with Crippen LogP contribution in [-0.2, 0) is 0 Å². The van der Waals surface area contributed by atoms with Gasteiger partial charge in [0.25, 0.3) is 0 Å². The molecule has 0 aromatic rings. The Hall–Kier alpha value is 0. The van der Waals surface area contributed by atoms with Crippen LogP contribution in [0.2, 0.25) is 0 Å². The molecule has 0 spiro atoms. The summed E-state index contributed by atoms with van der Waals surface area (Å²) in [4.78, 5) is 0. The van der Waals surface area contributed by atoms with E-state index in [-0.39, 0.29) is 0 Å². The molecule has 0 rings (SSSR count). The van der Waals surface area contributed by atoms with Gasteiger partial charge in [0.15, 0.2) is 0 Å². The fourth-order valence-electron chi connectivity index (χ4n) is 2.67. The van der Waals surface area contributed by atoms with Gasteiger partial charge < -0.3 is 0 Å². The standard InChI is InChI=1S/C18H38/c1-6-7-8-12-15-18(4,5)16-13-10-9-11-14-17(2)3/h17H,6-16H2,1-5H3. The third kappa shape index (κ3) is 12.5. The van der Waals surface area contributed by atoms with E-state index in [1.807, 2.05) is 0 Å². The maximum atomic E-state index is 2.47. The molecule has 110 valence electrons. The second-order valence-electron chi connectivity index (χ2n) is 7.32. The van der Waals surface area contributed by atoms with Crippen LogP contribution in [0.1, 0.15) is 105 Å². The lowest BCUT2D eigenvalue weighted by atomic mass is 9.82. The maximum Gasteiger partial charge on any atom is -0.0354 e. The average molecular weight is 255 g/mol. The molecule has 0 fully saturated rings. The van der Waals surface area contributed by atoms with Crippen LogP contribution in [0.5, 0.6) is 0 Å². The predicted octanol–water partition coefficient (Wildman–Crippen LogP) is 6.98. The van der Waals surface area contributed by atoms with Crippen molar-refractivity contribution in [1.29, 1.82) is 0 Å². The van der Waals surface area contributed by atoms with Gasteiger partial charge in [-0.3, -0.25) is 0 Å². The van der Waals surface area contributed by atoms with Crippen LogP contribution in [-0.4, -0.2) is 0 Å². The third-order valence-corrected chi connectivity index (χ3v) is 4.09. The van der Waals surface area contributed by atoms with Crippen molar-refractivity contribution >= 4 is 0 Å². The normalized spacial score (nSPS) is 12.3. The highest BCUT2D eigenvalue weighted by Gasteiger charge is 2.16. The first kappa shape index (κ1) is 18.0. The van der Waals surface area contributed by atoms with Crippen LogP contribution in [0, 0.1) is 11.3 Å². The molecule has 0 nitrogen and oxygen atoms in total. The molecule has 0 radical (unpaired) electrons. The van der Waals surface area contributed by atoms with Crippen molar-refractivity contribution in [3.63, 3.8) is 0 Å². The van der Waals surface area contributed by atoms with E-state index in [0.29, 0.717) is 5.41 Å². The molecule has 0 aliphatic rings. The second kappa shape index (κ2) is 10.9. The van der Waals surface area contributed by atoms with Crippen molar-refractivity contribution in [3.8, 4) is 0 Å². The van der Waals surface area contributed by atoms with E-state index in [1.54, 1.807) is 0 Å². The van der Waals surface area contributed by atoms with E-state index in [0.717, 1.165) is 5.92 Å². The van der Waals surface area contributed by atoms with Crippen LogP contribution < -0.4 is 0 Å². The number of hydrogen-bond acceptors (Lipinski definition) is 0. The quantitative estimate of drug-likeness (QED) is 0.329. The van der Waals surface area contributed by atoms with Gasteiger partial charge in [0.05, 0.1) is 0 Å². The molecule has 0 atom stereocenters. The zero-order valence-electron chi connectivity index (χ0n) is 13.9. The van der Waals surface area contributed by atoms with Crippen molar-refractivity contribution in [1.82, 2.24) is 0 Å². The number of hydrogen-bond donors (Lipinski definition) is 0. The lowest BCUT2D eigenvalue weighted by molar-refractivity contribution is 0.282. The zero-order chi connectivity index (χ0) is 13.9. The highest BCUT2D eigenvalue weighted by molar-refractivity contribution is 4.68. The summed E-state index contributed by atoms with van der Waals surface area (Å²) in [7, 11) is 0. The molecule has 0 saturated heterocycles. The van der Waals surface area contributed by atoms with Crippen molar-refractivity contribution in [3.05, 3.63) is 0 Å². The van der Waals surface area contributed by atoms with Crippen molar-refractivity contribution < 1.29 is 0 Å². The Labute approximate surface area is 117 Å². The minimum Gasteiger partial charge on any atom is -0.0654 e. The number of rotatable bonds is 12. The van der Waals surface area contributed by atoms with Gasteiger partial charge in [0.1, 0.15) is 0 Å². The van der Waals surface area contributed by atoms with Gasteiger partial charge in [-0.05, 0) is 24.2 Å². The van der Waals surface area contributed by atoms with Crippen LogP contribution in [0.15, 0.2) is 0 Å². The Morgan fingerprint density at radius 2 is 1.22 bits per heavy atom. The molecule has 0 aliphatic carbocycles. The molecule has 0 bridgehead atoms. The molecule has 0 aromatic carbocycles. The highest BCUT2D eigenvalue weighted by Crippen LogP contribution is 2.30. The topological polar surface area (TPSA) is 0 Å².